The van der Waals surface area contributed by atoms with Gasteiger partial charge in [0.15, 0.2) is 0 Å². The van der Waals surface area contributed by atoms with Crippen LogP contribution in [0.4, 0.5) is 4.79 Å². The summed E-state index contributed by atoms with van der Waals surface area (Å²) in [6.45, 7) is 3.53. The summed E-state index contributed by atoms with van der Waals surface area (Å²) >= 11 is 0. The van der Waals surface area contributed by atoms with Crippen molar-refractivity contribution in [1.29, 1.82) is 0 Å². The Labute approximate surface area is 112 Å². The Morgan fingerprint density at radius 1 is 1.47 bits per heavy atom. The average Bonchev–Trinajstić information content (AvgIpc) is 2.98. The van der Waals surface area contributed by atoms with E-state index in [0.717, 1.165) is 18.6 Å². The van der Waals surface area contributed by atoms with Crippen LogP contribution in [-0.2, 0) is 5.60 Å². The highest BCUT2D eigenvalue weighted by Gasteiger charge is 2.27. The first-order chi connectivity index (χ1) is 8.97. The first-order valence-electron chi connectivity index (χ1n) is 6.46. The Balaban J connectivity index is 1.82. The van der Waals surface area contributed by atoms with Crippen molar-refractivity contribution < 1.29 is 14.3 Å². The zero-order valence-electron chi connectivity index (χ0n) is 11.3. The van der Waals surface area contributed by atoms with E-state index in [1.54, 1.807) is 19.1 Å². The van der Waals surface area contributed by atoms with Crippen LogP contribution in [0.1, 0.15) is 31.3 Å². The second kappa shape index (κ2) is 5.48. The highest BCUT2D eigenvalue weighted by atomic mass is 16.4. The van der Waals surface area contributed by atoms with Crippen molar-refractivity contribution in [3.8, 4) is 0 Å². The van der Waals surface area contributed by atoms with Gasteiger partial charge in [0.25, 0.3) is 0 Å². The lowest BCUT2D eigenvalue weighted by molar-refractivity contribution is 0.0359. The maximum Gasteiger partial charge on any atom is 0.315 e. The zero-order valence-corrected chi connectivity index (χ0v) is 11.3. The van der Waals surface area contributed by atoms with E-state index < -0.39 is 5.60 Å². The quantitative estimate of drug-likeness (QED) is 0.726. The van der Waals surface area contributed by atoms with Crippen molar-refractivity contribution in [3.63, 3.8) is 0 Å². The fraction of sp³-hybridized carbons (Fsp3) is 0.500. The number of urea groups is 1. The fourth-order valence-corrected chi connectivity index (χ4v) is 2.03. The highest BCUT2D eigenvalue weighted by Crippen LogP contribution is 2.21. The van der Waals surface area contributed by atoms with E-state index in [0.29, 0.717) is 5.76 Å². The average molecular weight is 264 g/mol. The van der Waals surface area contributed by atoms with Crippen LogP contribution in [0.15, 0.2) is 28.7 Å². The molecule has 0 aliphatic heterocycles. The van der Waals surface area contributed by atoms with Gasteiger partial charge in [-0.3, -0.25) is 0 Å². The summed E-state index contributed by atoms with van der Waals surface area (Å²) in [5.74, 6) is 1.18. The molecule has 19 heavy (non-hydrogen) atoms. The molecule has 104 valence electrons. The van der Waals surface area contributed by atoms with E-state index >= 15 is 0 Å². The summed E-state index contributed by atoms with van der Waals surface area (Å²) in [6, 6.07) is 3.40. The molecule has 2 rings (SSSR count). The summed E-state index contributed by atoms with van der Waals surface area (Å²) in [7, 11) is 0. The van der Waals surface area contributed by atoms with E-state index in [2.05, 4.69) is 10.6 Å². The molecule has 1 atom stereocenters. The molecule has 5 heteroatoms. The van der Waals surface area contributed by atoms with E-state index in [-0.39, 0.29) is 18.6 Å². The van der Waals surface area contributed by atoms with Crippen LogP contribution in [0.25, 0.3) is 0 Å². The number of carbonyl (C=O) groups excluding carboxylic acids is 1. The number of rotatable bonds is 4. The van der Waals surface area contributed by atoms with Gasteiger partial charge in [-0.05, 0) is 38.8 Å². The summed E-state index contributed by atoms with van der Waals surface area (Å²) < 4.78 is 5.38. The lowest BCUT2D eigenvalue weighted by atomic mass is 10.0. The van der Waals surface area contributed by atoms with Crippen LogP contribution in [0.5, 0.6) is 0 Å². The minimum atomic E-state index is -1.21. The summed E-state index contributed by atoms with van der Waals surface area (Å²) in [5, 5.41) is 15.8. The number of aliphatic hydroxyl groups is 1. The minimum absolute atomic E-state index is 0.103. The van der Waals surface area contributed by atoms with Gasteiger partial charge in [-0.15, -0.1) is 0 Å². The molecule has 0 fully saturated rings. The number of amides is 2. The van der Waals surface area contributed by atoms with Crippen LogP contribution in [-0.4, -0.2) is 23.7 Å². The molecule has 3 N–H and O–H groups in total. The van der Waals surface area contributed by atoms with Gasteiger partial charge < -0.3 is 20.2 Å². The topological polar surface area (TPSA) is 74.5 Å². The standard InChI is InChI=1S/C14H20N2O3/c1-10-7-8-12(19-10)14(2,18)9-15-13(17)16-11-5-3-4-6-11/h3-4,7-8,11,18H,5-6,9H2,1-2H3,(H2,15,16,17). The van der Waals surface area contributed by atoms with Gasteiger partial charge in [0.05, 0.1) is 6.54 Å². The zero-order chi connectivity index (χ0) is 13.9. The van der Waals surface area contributed by atoms with E-state index in [1.807, 2.05) is 19.1 Å². The number of carbonyl (C=O) groups is 1. The van der Waals surface area contributed by atoms with Crippen LogP contribution in [0.3, 0.4) is 0 Å². The Hall–Kier alpha value is -1.75. The maximum atomic E-state index is 11.7. The molecule has 0 spiro atoms. The minimum Gasteiger partial charge on any atom is -0.463 e. The van der Waals surface area contributed by atoms with Gasteiger partial charge in [-0.1, -0.05) is 12.2 Å². The first-order valence-corrected chi connectivity index (χ1v) is 6.46. The summed E-state index contributed by atoms with van der Waals surface area (Å²) in [4.78, 5) is 11.7. The Bertz CT molecular complexity index is 469. The molecular weight excluding hydrogens is 244 g/mol. The molecule has 0 bridgehead atoms. The van der Waals surface area contributed by atoms with E-state index in [4.69, 9.17) is 4.42 Å². The van der Waals surface area contributed by atoms with Crippen LogP contribution >= 0.6 is 0 Å². The Kier molecular flexibility index (Phi) is 3.95. The van der Waals surface area contributed by atoms with Gasteiger partial charge in [0.1, 0.15) is 17.1 Å². The Morgan fingerprint density at radius 2 is 2.16 bits per heavy atom. The van der Waals surface area contributed by atoms with Crippen LogP contribution < -0.4 is 10.6 Å². The first kappa shape index (κ1) is 13.7. The maximum absolute atomic E-state index is 11.7. The molecular formula is C14H20N2O3. The Morgan fingerprint density at radius 3 is 2.74 bits per heavy atom. The van der Waals surface area contributed by atoms with Crippen molar-refractivity contribution in [2.24, 2.45) is 0 Å². The van der Waals surface area contributed by atoms with Gasteiger partial charge in [0, 0.05) is 6.04 Å². The molecule has 1 aliphatic rings. The van der Waals surface area contributed by atoms with Crippen molar-refractivity contribution in [3.05, 3.63) is 35.8 Å². The van der Waals surface area contributed by atoms with Gasteiger partial charge >= 0.3 is 6.03 Å². The van der Waals surface area contributed by atoms with Gasteiger partial charge in [-0.2, -0.15) is 0 Å². The highest BCUT2D eigenvalue weighted by molar-refractivity contribution is 5.74. The van der Waals surface area contributed by atoms with Gasteiger partial charge in [0.2, 0.25) is 0 Å². The molecule has 0 aromatic carbocycles. The number of nitrogens with one attached hydrogen (secondary N) is 2. The number of furan rings is 1. The largest absolute Gasteiger partial charge is 0.463 e. The smallest absolute Gasteiger partial charge is 0.315 e. The van der Waals surface area contributed by atoms with E-state index in [1.165, 1.54) is 0 Å². The molecule has 5 nitrogen and oxygen atoms in total. The third kappa shape index (κ3) is 3.61. The van der Waals surface area contributed by atoms with E-state index in [9.17, 15) is 9.90 Å². The lowest BCUT2D eigenvalue weighted by Crippen LogP contribution is -2.46. The summed E-state index contributed by atoms with van der Waals surface area (Å²) in [6.07, 6.45) is 5.82. The molecule has 2 amide bonds. The predicted molar refractivity (Wildman–Crippen MR) is 71.7 cm³/mol. The molecule has 1 heterocycles. The van der Waals surface area contributed by atoms with Crippen LogP contribution in [0, 0.1) is 6.92 Å². The van der Waals surface area contributed by atoms with Crippen molar-refractivity contribution >= 4 is 6.03 Å². The normalized spacial score (nSPS) is 18.3. The number of hydrogen-bond acceptors (Lipinski definition) is 3. The lowest BCUT2D eigenvalue weighted by Gasteiger charge is -2.22. The molecule has 0 radical (unpaired) electrons. The van der Waals surface area contributed by atoms with Gasteiger partial charge in [-0.25, -0.2) is 4.79 Å². The fourth-order valence-electron chi connectivity index (χ4n) is 2.03. The molecule has 0 saturated heterocycles. The number of hydrogen-bond donors (Lipinski definition) is 3. The van der Waals surface area contributed by atoms with Crippen molar-refractivity contribution in [1.82, 2.24) is 10.6 Å². The molecule has 1 aromatic rings. The molecule has 1 aliphatic carbocycles. The molecule has 0 saturated carbocycles. The van der Waals surface area contributed by atoms with Crippen LogP contribution in [0.2, 0.25) is 0 Å². The monoisotopic (exact) mass is 264 g/mol. The number of aryl methyl sites for hydroxylation is 1. The third-order valence-corrected chi connectivity index (χ3v) is 3.21. The molecule has 1 aromatic heterocycles. The second-order valence-corrected chi connectivity index (χ2v) is 5.15. The molecule has 1 unspecified atom stereocenters. The third-order valence-electron chi connectivity index (χ3n) is 3.21. The van der Waals surface area contributed by atoms with Crippen molar-refractivity contribution in [2.45, 2.75) is 38.3 Å². The SMILES string of the molecule is Cc1ccc(C(C)(O)CNC(=O)NC2CC=CC2)o1. The predicted octanol–water partition coefficient (Wildman–Crippen LogP) is 1.81. The second-order valence-electron chi connectivity index (χ2n) is 5.15. The summed E-state index contributed by atoms with van der Waals surface area (Å²) in [5.41, 5.74) is -1.21. The van der Waals surface area contributed by atoms with Crippen molar-refractivity contribution in [2.75, 3.05) is 6.54 Å².